The molecule has 0 aromatic rings. The van der Waals surface area contributed by atoms with Gasteiger partial charge in [0, 0.05) is 13.0 Å². The van der Waals surface area contributed by atoms with Gasteiger partial charge in [-0.25, -0.2) is 8.42 Å². The van der Waals surface area contributed by atoms with Gasteiger partial charge in [0.05, 0.1) is 28.2 Å². The molecule has 0 aliphatic heterocycles. The van der Waals surface area contributed by atoms with Crippen LogP contribution in [0.3, 0.4) is 0 Å². The average Bonchev–Trinajstić information content (AvgIpc) is 2.81. The van der Waals surface area contributed by atoms with E-state index in [0.717, 1.165) is 38.5 Å². The van der Waals surface area contributed by atoms with Crippen LogP contribution in [0.25, 0.3) is 0 Å². The maximum absolute atomic E-state index is 11.3. The number of amides is 1. The maximum Gasteiger partial charge on any atom is 2.00 e. The molecule has 0 spiro atoms. The standard InChI is InChI=1S/2C13H27NO4S.Ca/c2*1-2-3-4-5-6-7-8-9-10-13(15)14-11-12-19(16,17)18;/h2*2-12H2,1H3,(H,14,15)(H,16,17,18);/q;;+2/p-2. The summed E-state index contributed by atoms with van der Waals surface area (Å²) >= 11 is 0. The normalized spacial score (nSPS) is 11.8. The van der Waals surface area contributed by atoms with Gasteiger partial charge in [0.25, 0.3) is 10.1 Å². The first-order valence-electron chi connectivity index (χ1n) is 14.3. The quantitative estimate of drug-likeness (QED) is 0.0533. The fourth-order valence-corrected chi connectivity index (χ4v) is 4.27. The summed E-state index contributed by atoms with van der Waals surface area (Å²) < 4.78 is 60.2. The smallest absolute Gasteiger partial charge is 0.862 e. The molecule has 0 saturated heterocycles. The minimum Gasteiger partial charge on any atom is -0.862 e. The monoisotopic (exact) mass is 624 g/mol. The molecule has 0 fully saturated rings. The van der Waals surface area contributed by atoms with Crippen LogP contribution in [0.2, 0.25) is 0 Å². The van der Waals surface area contributed by atoms with Crippen LogP contribution in [0.4, 0.5) is 0 Å². The van der Waals surface area contributed by atoms with Gasteiger partial charge < -0.3 is 20.0 Å². The van der Waals surface area contributed by atoms with Crippen molar-refractivity contribution in [2.75, 3.05) is 24.6 Å². The summed E-state index contributed by atoms with van der Waals surface area (Å²) in [5.74, 6) is -1.45. The van der Waals surface area contributed by atoms with Crippen LogP contribution < -0.4 is 10.4 Å². The molecule has 0 rings (SSSR count). The van der Waals surface area contributed by atoms with Crippen LogP contribution >= 0.6 is 0 Å². The van der Waals surface area contributed by atoms with E-state index in [9.17, 15) is 31.3 Å². The van der Waals surface area contributed by atoms with Gasteiger partial charge in [0.1, 0.15) is 0 Å². The Morgan fingerprint density at radius 3 is 1.54 bits per heavy atom. The fraction of sp³-hybridized carbons (Fsp3) is 0.923. The van der Waals surface area contributed by atoms with E-state index >= 15 is 0 Å². The van der Waals surface area contributed by atoms with Gasteiger partial charge in [-0.3, -0.25) is 9.35 Å². The Morgan fingerprint density at radius 2 is 1.13 bits per heavy atom. The fourth-order valence-electron chi connectivity index (χ4n) is 3.60. The van der Waals surface area contributed by atoms with E-state index < -0.39 is 31.7 Å². The molecule has 228 valence electrons. The molecular weight excluding hydrogens is 573 g/mol. The van der Waals surface area contributed by atoms with Gasteiger partial charge in [-0.2, -0.15) is 8.42 Å². The molecular formula is C26H52CaN2O8S2. The Hall–Kier alpha value is 0.0197. The van der Waals surface area contributed by atoms with Crippen molar-refractivity contribution in [2.24, 2.45) is 4.99 Å². The molecule has 39 heavy (non-hydrogen) atoms. The van der Waals surface area contributed by atoms with E-state index in [0.29, 0.717) is 12.8 Å². The third kappa shape index (κ3) is 42.6. The van der Waals surface area contributed by atoms with Gasteiger partial charge in [-0.05, 0) is 25.2 Å². The number of carbonyl (C=O) groups is 1. The summed E-state index contributed by atoms with van der Waals surface area (Å²) in [4.78, 5) is 14.9. The van der Waals surface area contributed by atoms with Crippen molar-refractivity contribution in [1.82, 2.24) is 5.32 Å². The first-order chi connectivity index (χ1) is 17.9. The molecule has 0 aliphatic carbocycles. The molecule has 0 aromatic carbocycles. The zero-order valence-corrected chi connectivity index (χ0v) is 28.2. The molecule has 0 aliphatic rings. The van der Waals surface area contributed by atoms with Crippen molar-refractivity contribution in [2.45, 2.75) is 129 Å². The Morgan fingerprint density at radius 1 is 0.718 bits per heavy atom. The van der Waals surface area contributed by atoms with E-state index in [2.05, 4.69) is 24.2 Å². The number of hydrogen-bond acceptors (Lipinski definition) is 8. The number of unbranched alkanes of at least 4 members (excludes halogenated alkanes) is 14. The van der Waals surface area contributed by atoms with Crippen molar-refractivity contribution >= 4 is 69.8 Å². The van der Waals surface area contributed by atoms with Crippen LogP contribution in [0, 0.1) is 0 Å². The Kier molecular flexibility index (Phi) is 32.9. The van der Waals surface area contributed by atoms with E-state index in [4.69, 9.17) is 4.55 Å². The first kappa shape index (κ1) is 43.5. The third-order valence-electron chi connectivity index (χ3n) is 5.81. The summed E-state index contributed by atoms with van der Waals surface area (Å²) in [6.45, 7) is 4.16. The van der Waals surface area contributed by atoms with Crippen molar-refractivity contribution < 1.29 is 35.8 Å². The molecule has 13 heteroatoms. The summed E-state index contributed by atoms with van der Waals surface area (Å²) in [5, 5.41) is 13.7. The zero-order valence-electron chi connectivity index (χ0n) is 24.3. The average molecular weight is 625 g/mol. The zero-order chi connectivity index (χ0) is 29.1. The minimum absolute atomic E-state index is 0. The van der Waals surface area contributed by atoms with E-state index in [1.807, 2.05) is 0 Å². The molecule has 0 bridgehead atoms. The maximum atomic E-state index is 11.3. The van der Waals surface area contributed by atoms with E-state index in [1.165, 1.54) is 64.2 Å². The second kappa shape index (κ2) is 29.5. The van der Waals surface area contributed by atoms with Crippen LogP contribution in [0.5, 0.6) is 0 Å². The topological polar surface area (TPSA) is 176 Å². The molecule has 0 heterocycles. The van der Waals surface area contributed by atoms with Gasteiger partial charge >= 0.3 is 37.7 Å². The number of nitrogens with zero attached hydrogens (tertiary/aromatic N) is 1. The molecule has 0 unspecified atom stereocenters. The molecule has 0 aromatic heterocycles. The van der Waals surface area contributed by atoms with Gasteiger partial charge in [0.15, 0.2) is 0 Å². The van der Waals surface area contributed by atoms with Crippen molar-refractivity contribution in [1.29, 1.82) is 0 Å². The number of hydrogen-bond donors (Lipinski definition) is 2. The molecule has 0 radical (unpaired) electrons. The largest absolute Gasteiger partial charge is 2.00 e. The van der Waals surface area contributed by atoms with Gasteiger partial charge in [-0.1, -0.05) is 104 Å². The second-order valence-corrected chi connectivity index (χ2v) is 12.7. The van der Waals surface area contributed by atoms with Crippen LogP contribution in [-0.4, -0.2) is 100 Å². The second-order valence-electron chi connectivity index (χ2n) is 9.62. The van der Waals surface area contributed by atoms with Crippen LogP contribution in [0.1, 0.15) is 129 Å². The van der Waals surface area contributed by atoms with Gasteiger partial charge in [0.2, 0.25) is 5.91 Å². The Labute approximate surface area is 268 Å². The number of rotatable bonds is 24. The number of nitrogens with one attached hydrogen (secondary N) is 1. The van der Waals surface area contributed by atoms with Crippen molar-refractivity contribution in [3.05, 3.63) is 0 Å². The number of aliphatic imine (C=N–C) groups is 1. The van der Waals surface area contributed by atoms with Crippen molar-refractivity contribution in [3.8, 4) is 0 Å². The third-order valence-corrected chi connectivity index (χ3v) is 7.22. The van der Waals surface area contributed by atoms with E-state index in [-0.39, 0.29) is 62.6 Å². The van der Waals surface area contributed by atoms with Crippen LogP contribution in [0.15, 0.2) is 4.99 Å². The van der Waals surface area contributed by atoms with Gasteiger partial charge in [-0.15, -0.1) is 0 Å². The van der Waals surface area contributed by atoms with Crippen molar-refractivity contribution in [3.63, 3.8) is 0 Å². The molecule has 0 saturated carbocycles. The summed E-state index contributed by atoms with van der Waals surface area (Å²) in [7, 11) is -8.23. The van der Waals surface area contributed by atoms with Crippen LogP contribution in [-0.2, 0) is 25.0 Å². The molecule has 0 atom stereocenters. The van der Waals surface area contributed by atoms with E-state index in [1.54, 1.807) is 0 Å². The predicted molar refractivity (Wildman–Crippen MR) is 156 cm³/mol. The number of carbonyl (C=O) groups excluding carboxylic acids is 1. The summed E-state index contributed by atoms with van der Waals surface area (Å²) in [6.07, 6.45) is 19.4. The summed E-state index contributed by atoms with van der Waals surface area (Å²) in [5.41, 5.74) is 0. The molecule has 10 nitrogen and oxygen atoms in total. The first-order valence-corrected chi connectivity index (χ1v) is 17.5. The molecule has 2 N–H and O–H groups in total. The Balaban J connectivity index is -0.000000648. The molecule has 1 amide bonds. The minimum atomic E-state index is -4.26. The Bertz CT molecular complexity index is 807. The predicted octanol–water partition coefficient (Wildman–Crippen LogP) is 3.96. The SMILES string of the molecule is CCCCCCCCCCC(=O)NCCS(=O)(=O)O.CCCCCCCCCCC([O-])=NCCS(=O)(=O)[O-].[Ca+2]. The summed E-state index contributed by atoms with van der Waals surface area (Å²) in [6, 6.07) is 0.